The van der Waals surface area contributed by atoms with Crippen LogP contribution in [0.2, 0.25) is 10.0 Å². The summed E-state index contributed by atoms with van der Waals surface area (Å²) in [6.07, 6.45) is -5.58. The Morgan fingerprint density at radius 3 is 2.03 bits per heavy atom. The summed E-state index contributed by atoms with van der Waals surface area (Å²) < 4.78 is 27.3. The maximum atomic E-state index is 13.6. The smallest absolute Gasteiger partial charge is 0.303 e. The molecular formula is C24H23Cl2NO10S2. The number of rotatable bonds is 7. The Bertz CT molecular complexity index is 1220. The third kappa shape index (κ3) is 7.48. The average molecular weight is 620 g/mol. The lowest BCUT2D eigenvalue weighted by atomic mass is 9.96. The van der Waals surface area contributed by atoms with Gasteiger partial charge < -0.3 is 23.7 Å². The summed E-state index contributed by atoms with van der Waals surface area (Å²) in [6, 6.07) is 4.84. The number of benzene rings is 1. The number of esters is 4. The highest BCUT2D eigenvalue weighted by Gasteiger charge is 2.56. The zero-order valence-corrected chi connectivity index (χ0v) is 24.2. The van der Waals surface area contributed by atoms with Crippen molar-refractivity contribution in [1.82, 2.24) is 4.90 Å². The topological polar surface area (TPSA) is 135 Å². The molecule has 15 heteroatoms. The molecule has 0 saturated carbocycles. The normalized spacial score (nSPS) is 25.8. The van der Waals surface area contributed by atoms with Crippen LogP contribution in [0, 0.1) is 0 Å². The maximum Gasteiger partial charge on any atom is 0.303 e. The molecule has 5 atom stereocenters. The second kappa shape index (κ2) is 13.1. The van der Waals surface area contributed by atoms with Gasteiger partial charge in [-0.25, -0.2) is 0 Å². The molecule has 0 bridgehead atoms. The van der Waals surface area contributed by atoms with Crippen LogP contribution in [0.15, 0.2) is 23.1 Å². The molecule has 1 aromatic carbocycles. The predicted molar refractivity (Wildman–Crippen MR) is 143 cm³/mol. The molecule has 2 aliphatic heterocycles. The number of ether oxygens (including phenoxy) is 5. The first-order valence-electron chi connectivity index (χ1n) is 11.3. The molecular weight excluding hydrogens is 597 g/mol. The highest BCUT2D eigenvalue weighted by Crippen LogP contribution is 2.40. The molecule has 1 aromatic rings. The number of thiocarbonyl (C=S) groups is 1. The van der Waals surface area contributed by atoms with E-state index in [0.29, 0.717) is 15.6 Å². The van der Waals surface area contributed by atoms with E-state index < -0.39 is 67.0 Å². The van der Waals surface area contributed by atoms with Gasteiger partial charge in [0.05, 0.1) is 4.91 Å². The Balaban J connectivity index is 2.08. The average Bonchev–Trinajstić information content (AvgIpc) is 3.09. The molecule has 2 heterocycles. The highest BCUT2D eigenvalue weighted by atomic mass is 35.5. The molecule has 2 saturated heterocycles. The van der Waals surface area contributed by atoms with E-state index in [9.17, 15) is 24.0 Å². The van der Waals surface area contributed by atoms with Gasteiger partial charge in [-0.1, -0.05) is 53.2 Å². The van der Waals surface area contributed by atoms with Gasteiger partial charge in [-0.05, 0) is 18.2 Å². The molecule has 2 aliphatic rings. The Kier molecular flexibility index (Phi) is 10.4. The SMILES string of the molecule is CC(=O)OCC1OC(N2C(=O)C(=Cc3c(Cl)cccc3Cl)SC2=S)C(OC(C)=O)C(OC(C)=O)C1OC(C)=O. The van der Waals surface area contributed by atoms with E-state index in [0.717, 1.165) is 44.4 Å². The van der Waals surface area contributed by atoms with Crippen LogP contribution in [0.25, 0.3) is 6.08 Å². The van der Waals surface area contributed by atoms with Crippen molar-refractivity contribution in [2.75, 3.05) is 6.61 Å². The molecule has 39 heavy (non-hydrogen) atoms. The van der Waals surface area contributed by atoms with Crippen molar-refractivity contribution in [3.05, 3.63) is 38.7 Å². The summed E-state index contributed by atoms with van der Waals surface area (Å²) in [4.78, 5) is 62.4. The fraction of sp³-hybridized carbons (Fsp3) is 0.417. The first-order chi connectivity index (χ1) is 18.3. The van der Waals surface area contributed by atoms with Gasteiger partial charge in [0.1, 0.15) is 12.7 Å². The fourth-order valence-corrected chi connectivity index (χ4v) is 5.69. The maximum absolute atomic E-state index is 13.6. The summed E-state index contributed by atoms with van der Waals surface area (Å²) in [7, 11) is 0. The molecule has 2 fully saturated rings. The Labute approximate surface area is 243 Å². The third-order valence-electron chi connectivity index (χ3n) is 5.32. The lowest BCUT2D eigenvalue weighted by molar-refractivity contribution is -0.268. The quantitative estimate of drug-likeness (QED) is 0.192. The predicted octanol–water partition coefficient (Wildman–Crippen LogP) is 3.28. The number of thioether (sulfide) groups is 1. The number of amides is 1. The lowest BCUT2D eigenvalue weighted by Gasteiger charge is -2.46. The minimum Gasteiger partial charge on any atom is -0.463 e. The van der Waals surface area contributed by atoms with Crippen molar-refractivity contribution in [3.8, 4) is 0 Å². The van der Waals surface area contributed by atoms with E-state index in [1.54, 1.807) is 18.2 Å². The Hall–Kier alpha value is -2.71. The summed E-state index contributed by atoms with van der Waals surface area (Å²) in [5, 5.41) is 0.583. The van der Waals surface area contributed by atoms with E-state index in [4.69, 9.17) is 59.1 Å². The van der Waals surface area contributed by atoms with Gasteiger partial charge >= 0.3 is 23.9 Å². The molecule has 3 rings (SSSR count). The largest absolute Gasteiger partial charge is 0.463 e. The Morgan fingerprint density at radius 1 is 0.949 bits per heavy atom. The molecule has 0 N–H and O–H groups in total. The van der Waals surface area contributed by atoms with Crippen molar-refractivity contribution in [2.45, 2.75) is 58.3 Å². The molecule has 5 unspecified atom stereocenters. The number of carbonyl (C=O) groups is 5. The van der Waals surface area contributed by atoms with E-state index in [1.807, 2.05) is 0 Å². The van der Waals surface area contributed by atoms with Crippen LogP contribution in [0.1, 0.15) is 33.3 Å². The van der Waals surface area contributed by atoms with Crippen molar-refractivity contribution in [3.63, 3.8) is 0 Å². The van der Waals surface area contributed by atoms with Crippen molar-refractivity contribution in [1.29, 1.82) is 0 Å². The number of halogens is 2. The van der Waals surface area contributed by atoms with Crippen LogP contribution in [0.4, 0.5) is 0 Å². The minimum absolute atomic E-state index is 0.00956. The van der Waals surface area contributed by atoms with Gasteiger partial charge in [0.15, 0.2) is 28.9 Å². The lowest BCUT2D eigenvalue weighted by Crippen LogP contribution is -2.66. The number of carbonyl (C=O) groups excluding carboxylic acids is 5. The van der Waals surface area contributed by atoms with Gasteiger partial charge in [0.25, 0.3) is 5.91 Å². The fourth-order valence-electron chi connectivity index (χ4n) is 3.89. The van der Waals surface area contributed by atoms with Crippen LogP contribution in [0.5, 0.6) is 0 Å². The van der Waals surface area contributed by atoms with Crippen molar-refractivity contribution >= 4 is 87.4 Å². The van der Waals surface area contributed by atoms with Crippen molar-refractivity contribution < 1.29 is 47.7 Å². The number of hydrogen-bond acceptors (Lipinski definition) is 12. The van der Waals surface area contributed by atoms with Crippen LogP contribution >= 0.6 is 47.2 Å². The second-order valence-electron chi connectivity index (χ2n) is 8.28. The third-order valence-corrected chi connectivity index (χ3v) is 7.31. The Morgan fingerprint density at radius 2 is 1.49 bits per heavy atom. The van der Waals surface area contributed by atoms with Gasteiger partial charge in [-0.3, -0.25) is 28.9 Å². The molecule has 0 aliphatic carbocycles. The monoisotopic (exact) mass is 619 g/mol. The van der Waals surface area contributed by atoms with E-state index in [1.165, 1.54) is 6.08 Å². The van der Waals surface area contributed by atoms with Gasteiger partial charge in [0.2, 0.25) is 0 Å². The zero-order valence-electron chi connectivity index (χ0n) is 21.0. The minimum atomic E-state index is -1.49. The summed E-state index contributed by atoms with van der Waals surface area (Å²) in [5.41, 5.74) is 0.378. The zero-order chi connectivity index (χ0) is 29.0. The first kappa shape index (κ1) is 30.8. The summed E-state index contributed by atoms with van der Waals surface area (Å²) >= 11 is 18.9. The first-order valence-corrected chi connectivity index (χ1v) is 13.3. The van der Waals surface area contributed by atoms with Gasteiger partial charge in [-0.15, -0.1) is 0 Å². The second-order valence-corrected chi connectivity index (χ2v) is 10.8. The molecule has 0 spiro atoms. The molecule has 0 radical (unpaired) electrons. The van der Waals surface area contributed by atoms with Crippen molar-refractivity contribution in [2.24, 2.45) is 0 Å². The summed E-state index contributed by atoms with van der Waals surface area (Å²) in [5.74, 6) is -3.72. The van der Waals surface area contributed by atoms with Gasteiger partial charge in [-0.2, -0.15) is 0 Å². The van der Waals surface area contributed by atoms with Crippen LogP contribution in [0.3, 0.4) is 0 Å². The standard InChI is InChI=1S/C24H23Cl2NO10S2/c1-10(28)33-9-17-19(34-11(2)29)20(35-12(3)30)21(36-13(4)31)23(37-17)27-22(32)18(39-24(27)38)8-14-15(25)6-5-7-16(14)26/h5-8,17,19-21,23H,9H2,1-4H3. The van der Waals surface area contributed by atoms with E-state index in [-0.39, 0.29) is 9.23 Å². The summed E-state index contributed by atoms with van der Waals surface area (Å²) in [6.45, 7) is 3.99. The van der Waals surface area contributed by atoms with Crippen LogP contribution in [-0.4, -0.2) is 76.3 Å². The number of nitrogens with zero attached hydrogens (tertiary/aromatic N) is 1. The molecule has 1 amide bonds. The molecule has 210 valence electrons. The van der Waals surface area contributed by atoms with E-state index >= 15 is 0 Å². The van der Waals surface area contributed by atoms with Crippen LogP contribution < -0.4 is 0 Å². The van der Waals surface area contributed by atoms with Crippen LogP contribution in [-0.2, 0) is 47.7 Å². The molecule has 0 aromatic heterocycles. The highest BCUT2D eigenvalue weighted by molar-refractivity contribution is 8.26. The van der Waals surface area contributed by atoms with Gasteiger partial charge in [0, 0.05) is 43.3 Å². The van der Waals surface area contributed by atoms with E-state index in [2.05, 4.69) is 0 Å². The molecule has 11 nitrogen and oxygen atoms in total. The number of hydrogen-bond donors (Lipinski definition) is 0.